The Bertz CT molecular complexity index is 809. The summed E-state index contributed by atoms with van der Waals surface area (Å²) >= 11 is 0. The van der Waals surface area contributed by atoms with Crippen molar-refractivity contribution in [3.63, 3.8) is 0 Å². The molecule has 26 heavy (non-hydrogen) atoms. The van der Waals surface area contributed by atoms with Gasteiger partial charge in [0, 0.05) is 38.1 Å². The second-order valence-corrected chi connectivity index (χ2v) is 5.78. The first-order valence-electron chi connectivity index (χ1n) is 8.31. The first-order chi connectivity index (χ1) is 12.2. The van der Waals surface area contributed by atoms with E-state index in [2.05, 4.69) is 32.1 Å². The van der Waals surface area contributed by atoms with Crippen LogP contribution in [0.4, 0.5) is 0 Å². The third-order valence-corrected chi connectivity index (χ3v) is 3.84. The van der Waals surface area contributed by atoms with Crippen LogP contribution in [0.5, 0.6) is 0 Å². The number of aromatic nitrogens is 2. The van der Waals surface area contributed by atoms with Gasteiger partial charge in [-0.3, -0.25) is 4.99 Å². The molecule has 6 nitrogen and oxygen atoms in total. The zero-order chi connectivity index (χ0) is 17.5. The topological polar surface area (TPSA) is 67.4 Å². The molecule has 2 heterocycles. The minimum atomic E-state index is 0. The van der Waals surface area contributed by atoms with Crippen molar-refractivity contribution in [1.29, 1.82) is 0 Å². The Kier molecular flexibility index (Phi) is 7.71. The van der Waals surface area contributed by atoms with Crippen molar-refractivity contribution < 1.29 is 4.42 Å². The number of nitrogens with one attached hydrogen (secondary N) is 2. The molecule has 0 aliphatic rings. The number of guanidine groups is 1. The molecule has 0 aliphatic heterocycles. The number of nitrogens with zero attached hydrogens (tertiary/aromatic N) is 3. The Labute approximate surface area is 170 Å². The fourth-order valence-corrected chi connectivity index (χ4v) is 2.43. The van der Waals surface area contributed by atoms with Gasteiger partial charge in [-0.2, -0.15) is 0 Å². The van der Waals surface area contributed by atoms with Gasteiger partial charge in [-0.1, -0.05) is 17.7 Å². The SMILES string of the molecule is CN=C(NCCn1cccc1)NCc1coc(-c2ccc(C)cc2)n1.I. The average Bonchev–Trinajstić information content (AvgIpc) is 3.30. The van der Waals surface area contributed by atoms with Crippen LogP contribution in [-0.2, 0) is 13.1 Å². The highest BCUT2D eigenvalue weighted by Gasteiger charge is 2.07. The zero-order valence-corrected chi connectivity index (χ0v) is 17.3. The van der Waals surface area contributed by atoms with Gasteiger partial charge in [0.05, 0.1) is 12.2 Å². The van der Waals surface area contributed by atoms with Crippen LogP contribution < -0.4 is 10.6 Å². The summed E-state index contributed by atoms with van der Waals surface area (Å²) in [6.07, 6.45) is 5.76. The summed E-state index contributed by atoms with van der Waals surface area (Å²) in [5, 5.41) is 6.53. The Morgan fingerprint density at radius 2 is 1.88 bits per heavy atom. The molecule has 0 saturated carbocycles. The molecule has 0 spiro atoms. The summed E-state index contributed by atoms with van der Waals surface area (Å²) in [5.41, 5.74) is 3.03. The minimum absolute atomic E-state index is 0. The number of benzene rings is 1. The zero-order valence-electron chi connectivity index (χ0n) is 15.0. The van der Waals surface area contributed by atoms with Gasteiger partial charge in [0.15, 0.2) is 5.96 Å². The number of hydrogen-bond donors (Lipinski definition) is 2. The number of hydrogen-bond acceptors (Lipinski definition) is 3. The standard InChI is InChI=1S/C19H23N5O.HI/c1-15-5-7-16(8-6-15)18-23-17(14-25-18)13-22-19(20-2)21-9-12-24-10-3-4-11-24;/h3-8,10-11,14H,9,12-13H2,1-2H3,(H2,20,21,22);1H. The molecule has 0 atom stereocenters. The molecule has 2 N–H and O–H groups in total. The lowest BCUT2D eigenvalue weighted by Crippen LogP contribution is -2.38. The van der Waals surface area contributed by atoms with Gasteiger partial charge in [0.25, 0.3) is 0 Å². The Balaban J connectivity index is 0.00000243. The fourth-order valence-electron chi connectivity index (χ4n) is 2.43. The molecule has 0 fully saturated rings. The fraction of sp³-hybridized carbons (Fsp3) is 0.263. The van der Waals surface area contributed by atoms with Gasteiger partial charge < -0.3 is 19.6 Å². The average molecular weight is 465 g/mol. The summed E-state index contributed by atoms with van der Waals surface area (Å²) in [7, 11) is 1.76. The summed E-state index contributed by atoms with van der Waals surface area (Å²) in [5.74, 6) is 1.37. The van der Waals surface area contributed by atoms with Gasteiger partial charge >= 0.3 is 0 Å². The van der Waals surface area contributed by atoms with Crippen LogP contribution in [0.25, 0.3) is 11.5 Å². The molecule has 2 aromatic heterocycles. The molecule has 0 saturated heterocycles. The van der Waals surface area contributed by atoms with Gasteiger partial charge in [-0.25, -0.2) is 4.98 Å². The summed E-state index contributed by atoms with van der Waals surface area (Å²) in [6, 6.07) is 12.2. The summed E-state index contributed by atoms with van der Waals surface area (Å²) in [6.45, 7) is 4.29. The van der Waals surface area contributed by atoms with Crippen LogP contribution in [0.2, 0.25) is 0 Å². The lowest BCUT2D eigenvalue weighted by atomic mass is 10.1. The van der Waals surface area contributed by atoms with Gasteiger partial charge in [-0.05, 0) is 31.2 Å². The van der Waals surface area contributed by atoms with E-state index in [9.17, 15) is 0 Å². The monoisotopic (exact) mass is 465 g/mol. The van der Waals surface area contributed by atoms with E-state index in [1.165, 1.54) is 5.56 Å². The van der Waals surface area contributed by atoms with E-state index in [1.54, 1.807) is 13.3 Å². The molecule has 0 unspecified atom stereocenters. The molecule has 0 amide bonds. The minimum Gasteiger partial charge on any atom is -0.444 e. The normalized spacial score (nSPS) is 11.1. The van der Waals surface area contributed by atoms with Crippen molar-refractivity contribution in [3.8, 4) is 11.5 Å². The Morgan fingerprint density at radius 3 is 2.58 bits per heavy atom. The van der Waals surface area contributed by atoms with E-state index < -0.39 is 0 Å². The van der Waals surface area contributed by atoms with Crippen molar-refractivity contribution >= 4 is 29.9 Å². The molecule has 0 bridgehead atoms. The van der Waals surface area contributed by atoms with Crippen LogP contribution in [0.15, 0.2) is 64.5 Å². The number of rotatable bonds is 6. The van der Waals surface area contributed by atoms with E-state index in [0.717, 1.165) is 30.3 Å². The molecular weight excluding hydrogens is 441 g/mol. The van der Waals surface area contributed by atoms with Crippen LogP contribution >= 0.6 is 24.0 Å². The molecule has 0 radical (unpaired) electrons. The van der Waals surface area contributed by atoms with Gasteiger partial charge in [0.1, 0.15) is 6.26 Å². The van der Waals surface area contributed by atoms with E-state index in [0.29, 0.717) is 12.4 Å². The highest BCUT2D eigenvalue weighted by molar-refractivity contribution is 14.0. The maximum atomic E-state index is 5.57. The van der Waals surface area contributed by atoms with Crippen molar-refractivity contribution in [1.82, 2.24) is 20.2 Å². The van der Waals surface area contributed by atoms with Gasteiger partial charge in [-0.15, -0.1) is 24.0 Å². The molecule has 138 valence electrons. The van der Waals surface area contributed by atoms with E-state index in [4.69, 9.17) is 4.42 Å². The highest BCUT2D eigenvalue weighted by Crippen LogP contribution is 2.18. The second-order valence-electron chi connectivity index (χ2n) is 5.78. The molecule has 1 aromatic carbocycles. The Hall–Kier alpha value is -2.29. The van der Waals surface area contributed by atoms with Gasteiger partial charge in [0.2, 0.25) is 5.89 Å². The summed E-state index contributed by atoms with van der Waals surface area (Å²) in [4.78, 5) is 8.74. The number of aryl methyl sites for hydroxylation is 1. The lowest BCUT2D eigenvalue weighted by Gasteiger charge is -2.11. The predicted molar refractivity (Wildman–Crippen MR) is 115 cm³/mol. The van der Waals surface area contributed by atoms with Crippen molar-refractivity contribution in [3.05, 3.63) is 66.3 Å². The van der Waals surface area contributed by atoms with E-state index in [-0.39, 0.29) is 24.0 Å². The third-order valence-electron chi connectivity index (χ3n) is 3.84. The molecule has 3 aromatic rings. The van der Waals surface area contributed by atoms with E-state index in [1.807, 2.05) is 48.8 Å². The van der Waals surface area contributed by atoms with Crippen LogP contribution in [0.3, 0.4) is 0 Å². The van der Waals surface area contributed by atoms with Crippen LogP contribution in [0.1, 0.15) is 11.3 Å². The smallest absolute Gasteiger partial charge is 0.226 e. The lowest BCUT2D eigenvalue weighted by molar-refractivity contribution is 0.572. The number of oxazole rings is 1. The number of aliphatic imine (C=N–C) groups is 1. The predicted octanol–water partition coefficient (Wildman–Crippen LogP) is 3.43. The first kappa shape index (κ1) is 20.0. The van der Waals surface area contributed by atoms with Crippen molar-refractivity contribution in [2.45, 2.75) is 20.0 Å². The van der Waals surface area contributed by atoms with Crippen molar-refractivity contribution in [2.75, 3.05) is 13.6 Å². The molecule has 0 aliphatic carbocycles. The Morgan fingerprint density at radius 1 is 1.15 bits per heavy atom. The maximum absolute atomic E-state index is 5.57. The van der Waals surface area contributed by atoms with Crippen molar-refractivity contribution in [2.24, 2.45) is 4.99 Å². The highest BCUT2D eigenvalue weighted by atomic mass is 127. The maximum Gasteiger partial charge on any atom is 0.226 e. The molecular formula is C19H24IN5O. The second kappa shape index (κ2) is 10.0. The third kappa shape index (κ3) is 5.62. The van der Waals surface area contributed by atoms with E-state index >= 15 is 0 Å². The quantitative estimate of drug-likeness (QED) is 0.333. The van der Waals surface area contributed by atoms with Crippen LogP contribution in [-0.4, -0.2) is 29.1 Å². The molecule has 3 rings (SSSR count). The first-order valence-corrected chi connectivity index (χ1v) is 8.31. The summed E-state index contributed by atoms with van der Waals surface area (Å²) < 4.78 is 7.69. The number of halogens is 1. The van der Waals surface area contributed by atoms with Crippen LogP contribution in [0, 0.1) is 6.92 Å². The molecule has 7 heteroatoms. The largest absolute Gasteiger partial charge is 0.444 e.